The van der Waals surface area contributed by atoms with Crippen molar-refractivity contribution in [1.82, 2.24) is 0 Å². The van der Waals surface area contributed by atoms with E-state index in [4.69, 9.17) is 17.8 Å². The summed E-state index contributed by atoms with van der Waals surface area (Å²) >= 11 is 0. The second kappa shape index (κ2) is 5.55. The lowest BCUT2D eigenvalue weighted by molar-refractivity contribution is 0.876. The number of hydrogen-bond donors (Lipinski definition) is 0. The van der Waals surface area contributed by atoms with Gasteiger partial charge in [-0.3, -0.25) is 0 Å². The highest BCUT2D eigenvalue weighted by Crippen LogP contribution is 2.36. The van der Waals surface area contributed by atoms with Crippen LogP contribution in [-0.2, 0) is 0 Å². The minimum Gasteiger partial charge on any atom is -0.0616 e. The predicted molar refractivity (Wildman–Crippen MR) is 101 cm³/mol. The standard InChI is InChI=1S/C23H20/c1-16(2)18-14-15-23(22-12-6-5-11-20(18)22)21-13-7-9-17-8-3-4-10-19(17)21/h3-16H,1-2H3/i3D,4D,5D,6D,7D,8D,9D,10D,11D,12D,13D,14D,15D. The summed E-state index contributed by atoms with van der Waals surface area (Å²) in [6, 6.07) is -7.42. The Morgan fingerprint density at radius 1 is 0.609 bits per heavy atom. The third kappa shape index (κ3) is 2.31. The smallest absolute Gasteiger partial charge is 0.0616 e. The van der Waals surface area contributed by atoms with Crippen LogP contribution in [0.3, 0.4) is 0 Å². The zero-order valence-electron chi connectivity index (χ0n) is 25.6. The highest BCUT2D eigenvalue weighted by Gasteiger charge is 2.11. The van der Waals surface area contributed by atoms with Gasteiger partial charge in [0.05, 0.1) is 17.8 Å². The van der Waals surface area contributed by atoms with Crippen LogP contribution in [-0.4, -0.2) is 0 Å². The Morgan fingerprint density at radius 3 is 2.00 bits per heavy atom. The van der Waals surface area contributed by atoms with Gasteiger partial charge in [-0.15, -0.1) is 0 Å². The Bertz CT molecular complexity index is 1630. The van der Waals surface area contributed by atoms with Gasteiger partial charge in [0, 0.05) is 0 Å². The van der Waals surface area contributed by atoms with E-state index < -0.39 is 78.4 Å². The van der Waals surface area contributed by atoms with E-state index in [-0.39, 0.29) is 44.3 Å². The Labute approximate surface area is 155 Å². The molecule has 4 aromatic carbocycles. The lowest BCUT2D eigenvalue weighted by Crippen LogP contribution is -1.92. The van der Waals surface area contributed by atoms with E-state index in [2.05, 4.69) is 0 Å². The van der Waals surface area contributed by atoms with E-state index in [0.29, 0.717) is 0 Å². The third-order valence-electron chi connectivity index (χ3n) is 3.67. The average Bonchev–Trinajstić information content (AvgIpc) is 2.83. The fourth-order valence-corrected chi connectivity index (χ4v) is 2.58. The summed E-state index contributed by atoms with van der Waals surface area (Å²) in [4.78, 5) is 0. The number of benzene rings is 4. The van der Waals surface area contributed by atoms with Crippen molar-refractivity contribution in [3.8, 4) is 11.1 Å². The minimum absolute atomic E-state index is 0.0260. The summed E-state index contributed by atoms with van der Waals surface area (Å²) in [5.74, 6) is -0.412. The molecular formula is C23H20. The maximum absolute atomic E-state index is 8.83. The molecule has 0 heteroatoms. The molecule has 4 rings (SSSR count). The summed E-state index contributed by atoms with van der Waals surface area (Å²) in [6.07, 6.45) is 0. The largest absolute Gasteiger partial charge is 0.0630 e. The van der Waals surface area contributed by atoms with Gasteiger partial charge in [-0.1, -0.05) is 92.4 Å². The van der Waals surface area contributed by atoms with Crippen molar-refractivity contribution < 1.29 is 17.8 Å². The molecule has 0 aromatic heterocycles. The second-order valence-electron chi connectivity index (χ2n) is 5.44. The molecule has 0 nitrogen and oxygen atoms in total. The van der Waals surface area contributed by atoms with Crippen molar-refractivity contribution in [2.24, 2.45) is 0 Å². The maximum atomic E-state index is 8.83. The first-order valence-electron chi connectivity index (χ1n) is 13.7. The van der Waals surface area contributed by atoms with Crippen LogP contribution in [0.25, 0.3) is 32.7 Å². The lowest BCUT2D eigenvalue weighted by Gasteiger charge is -2.15. The van der Waals surface area contributed by atoms with Gasteiger partial charge in [0.2, 0.25) is 0 Å². The van der Waals surface area contributed by atoms with Crippen LogP contribution >= 0.6 is 0 Å². The molecule has 0 saturated heterocycles. The minimum atomic E-state index is -0.671. The Balaban J connectivity index is 2.49. The summed E-state index contributed by atoms with van der Waals surface area (Å²) in [5.41, 5.74) is -0.450. The van der Waals surface area contributed by atoms with Crippen LogP contribution in [0.4, 0.5) is 0 Å². The first-order chi connectivity index (χ1) is 16.7. The van der Waals surface area contributed by atoms with E-state index >= 15 is 0 Å². The van der Waals surface area contributed by atoms with E-state index in [1.807, 2.05) is 0 Å². The lowest BCUT2D eigenvalue weighted by atomic mass is 9.89. The van der Waals surface area contributed by atoms with Crippen LogP contribution in [0.2, 0.25) is 0 Å². The van der Waals surface area contributed by atoms with Gasteiger partial charge in [0.25, 0.3) is 0 Å². The monoisotopic (exact) mass is 309 g/mol. The van der Waals surface area contributed by atoms with Gasteiger partial charge < -0.3 is 0 Å². The molecule has 0 aliphatic rings. The van der Waals surface area contributed by atoms with Crippen LogP contribution in [0.5, 0.6) is 0 Å². The van der Waals surface area contributed by atoms with Gasteiger partial charge in [-0.05, 0) is 44.2 Å². The van der Waals surface area contributed by atoms with E-state index in [0.717, 1.165) is 0 Å². The van der Waals surface area contributed by atoms with Crippen molar-refractivity contribution in [2.45, 2.75) is 19.8 Å². The highest BCUT2D eigenvalue weighted by molar-refractivity contribution is 6.06. The number of fused-ring (bicyclic) bond motifs is 2. The van der Waals surface area contributed by atoms with E-state index in [9.17, 15) is 0 Å². The zero-order valence-corrected chi connectivity index (χ0v) is 12.6. The Kier molecular flexibility index (Phi) is 1.40. The molecule has 0 bridgehead atoms. The van der Waals surface area contributed by atoms with E-state index in [1.54, 1.807) is 13.8 Å². The normalized spacial score (nSPS) is 19.3. The molecule has 0 unspecified atom stereocenters. The molecule has 4 aromatic rings. The quantitative estimate of drug-likeness (QED) is 0.382. The SMILES string of the molecule is [2H]c1c([2H])c([2H])c2c(-c3c([2H])c([2H])c(C(C)C)c4c([2H])c([2H])c([2H])c([2H])c34)c([2H])c([2H])c([2H])c2c1[2H]. The molecule has 0 radical (unpaired) electrons. The van der Waals surface area contributed by atoms with Crippen molar-refractivity contribution >= 4 is 21.5 Å². The van der Waals surface area contributed by atoms with Gasteiger partial charge in [0.1, 0.15) is 0 Å². The van der Waals surface area contributed by atoms with Gasteiger partial charge in [-0.25, -0.2) is 0 Å². The fourth-order valence-electron chi connectivity index (χ4n) is 2.58. The summed E-state index contributed by atoms with van der Waals surface area (Å²) in [5, 5.41) is -0.859. The molecular weight excluding hydrogens is 276 g/mol. The molecule has 0 fully saturated rings. The second-order valence-corrected chi connectivity index (χ2v) is 5.44. The predicted octanol–water partition coefficient (Wildman–Crippen LogP) is 6.78. The van der Waals surface area contributed by atoms with Gasteiger partial charge >= 0.3 is 0 Å². The van der Waals surface area contributed by atoms with E-state index in [1.165, 1.54) is 0 Å². The Hall–Kier alpha value is -2.60. The molecule has 0 atom stereocenters. The number of rotatable bonds is 2. The van der Waals surface area contributed by atoms with Gasteiger partial charge in [0.15, 0.2) is 0 Å². The van der Waals surface area contributed by atoms with Crippen molar-refractivity contribution in [3.05, 3.63) is 84.1 Å². The first-order valence-corrected chi connectivity index (χ1v) is 7.19. The van der Waals surface area contributed by atoms with Crippen molar-refractivity contribution in [3.63, 3.8) is 0 Å². The van der Waals surface area contributed by atoms with Gasteiger partial charge in [-0.2, -0.15) is 0 Å². The summed E-state index contributed by atoms with van der Waals surface area (Å²) in [7, 11) is 0. The first kappa shape index (κ1) is 5.79. The van der Waals surface area contributed by atoms with Crippen LogP contribution < -0.4 is 0 Å². The molecule has 112 valence electrons. The maximum Gasteiger partial charge on any atom is 0.0630 e. The topological polar surface area (TPSA) is 0 Å². The molecule has 0 saturated carbocycles. The fraction of sp³-hybridized carbons (Fsp3) is 0.130. The van der Waals surface area contributed by atoms with Crippen molar-refractivity contribution in [2.75, 3.05) is 0 Å². The molecule has 0 heterocycles. The molecule has 23 heavy (non-hydrogen) atoms. The summed E-state index contributed by atoms with van der Waals surface area (Å²) in [6.45, 7) is 3.43. The molecule has 0 spiro atoms. The van der Waals surface area contributed by atoms with Crippen molar-refractivity contribution in [1.29, 1.82) is 0 Å². The Morgan fingerprint density at radius 2 is 1.22 bits per heavy atom. The molecule has 0 aliphatic carbocycles. The van der Waals surface area contributed by atoms with Crippen LogP contribution in [0, 0.1) is 0 Å². The molecule has 0 N–H and O–H groups in total. The third-order valence-corrected chi connectivity index (χ3v) is 3.67. The zero-order chi connectivity index (χ0) is 27.1. The van der Waals surface area contributed by atoms with Crippen LogP contribution in [0.15, 0.2) is 78.6 Å². The summed E-state index contributed by atoms with van der Waals surface area (Å²) < 4.78 is 109. The number of hydrogen-bond acceptors (Lipinski definition) is 0. The molecule has 0 aliphatic heterocycles. The van der Waals surface area contributed by atoms with Crippen LogP contribution in [0.1, 0.15) is 43.1 Å². The average molecular weight is 309 g/mol. The molecule has 0 amide bonds. The highest BCUT2D eigenvalue weighted by atomic mass is 14.1.